The van der Waals surface area contributed by atoms with E-state index in [1.54, 1.807) is 0 Å². The van der Waals surface area contributed by atoms with Gasteiger partial charge in [0.25, 0.3) is 0 Å². The first-order chi connectivity index (χ1) is 5.86. The molecule has 0 aliphatic carbocycles. The highest BCUT2D eigenvalue weighted by atomic mass is 16.5. The predicted molar refractivity (Wildman–Crippen MR) is 50.0 cm³/mol. The molecule has 3 nitrogen and oxygen atoms in total. The molecular formula is C9H18N2O. The molecule has 1 fully saturated rings. The van der Waals surface area contributed by atoms with Crippen LogP contribution >= 0.6 is 0 Å². The van der Waals surface area contributed by atoms with Crippen LogP contribution in [0.2, 0.25) is 0 Å². The topological polar surface area (TPSA) is 38.5 Å². The average Bonchev–Trinajstić information content (AvgIpc) is 2.15. The second-order valence-corrected chi connectivity index (χ2v) is 3.11. The largest absolute Gasteiger partial charge is 0.374 e. The molecule has 12 heavy (non-hydrogen) atoms. The number of hydrogen-bond acceptors (Lipinski definition) is 3. The molecule has 1 rings (SSSR count). The molecule has 1 atom stereocenters. The van der Waals surface area contributed by atoms with Crippen LogP contribution in [0.1, 0.15) is 6.42 Å². The Morgan fingerprint density at radius 2 is 2.50 bits per heavy atom. The van der Waals surface area contributed by atoms with Crippen LogP contribution in [0.5, 0.6) is 0 Å². The van der Waals surface area contributed by atoms with Gasteiger partial charge in [0.15, 0.2) is 0 Å². The third-order valence-electron chi connectivity index (χ3n) is 2.14. The maximum absolute atomic E-state index is 5.52. The molecule has 0 saturated carbocycles. The minimum absolute atomic E-state index is 0.239. The molecule has 3 heteroatoms. The number of ether oxygens (including phenoxy) is 1. The van der Waals surface area contributed by atoms with Crippen molar-refractivity contribution in [1.82, 2.24) is 4.90 Å². The third-order valence-corrected chi connectivity index (χ3v) is 2.14. The fourth-order valence-electron chi connectivity index (χ4n) is 1.40. The van der Waals surface area contributed by atoms with Crippen LogP contribution in [0, 0.1) is 0 Å². The molecule has 0 radical (unpaired) electrons. The number of nitrogens with two attached hydrogens (primary N) is 1. The summed E-state index contributed by atoms with van der Waals surface area (Å²) in [5, 5.41) is 0. The van der Waals surface area contributed by atoms with Gasteiger partial charge in [-0.05, 0) is 6.42 Å². The Hall–Kier alpha value is -0.380. The van der Waals surface area contributed by atoms with Crippen LogP contribution in [0.4, 0.5) is 0 Å². The van der Waals surface area contributed by atoms with Crippen molar-refractivity contribution >= 4 is 0 Å². The van der Waals surface area contributed by atoms with Crippen LogP contribution in [-0.2, 0) is 4.74 Å². The highest BCUT2D eigenvalue weighted by molar-refractivity contribution is 4.75. The van der Waals surface area contributed by atoms with E-state index >= 15 is 0 Å². The summed E-state index contributed by atoms with van der Waals surface area (Å²) in [6, 6.07) is 0. The molecule has 1 unspecified atom stereocenters. The van der Waals surface area contributed by atoms with E-state index in [2.05, 4.69) is 11.5 Å². The Balaban J connectivity index is 2.20. The van der Waals surface area contributed by atoms with Gasteiger partial charge in [0.2, 0.25) is 0 Å². The first kappa shape index (κ1) is 9.71. The fraction of sp³-hybridized carbons (Fsp3) is 0.778. The van der Waals surface area contributed by atoms with Gasteiger partial charge < -0.3 is 10.5 Å². The summed E-state index contributed by atoms with van der Waals surface area (Å²) in [5.41, 5.74) is 5.52. The van der Waals surface area contributed by atoms with E-state index in [1.807, 2.05) is 6.08 Å². The van der Waals surface area contributed by atoms with Crippen LogP contribution < -0.4 is 5.73 Å². The molecule has 1 aliphatic rings. The molecule has 0 aromatic rings. The molecule has 0 aromatic carbocycles. The first-order valence-electron chi connectivity index (χ1n) is 4.51. The van der Waals surface area contributed by atoms with Crippen LogP contribution in [0.3, 0.4) is 0 Å². The Labute approximate surface area is 74.2 Å². The van der Waals surface area contributed by atoms with Crippen molar-refractivity contribution < 1.29 is 4.74 Å². The Kier molecular flexibility index (Phi) is 4.29. The standard InChI is InChI=1S/C9H18N2O/c1-2-3-4-11-5-6-12-9(7-10)8-11/h2,9H,1,3-8,10H2. The fourth-order valence-corrected chi connectivity index (χ4v) is 1.40. The van der Waals surface area contributed by atoms with E-state index in [-0.39, 0.29) is 6.10 Å². The van der Waals surface area contributed by atoms with Crippen molar-refractivity contribution in [2.75, 3.05) is 32.8 Å². The smallest absolute Gasteiger partial charge is 0.0824 e. The van der Waals surface area contributed by atoms with Gasteiger partial charge in [-0.2, -0.15) is 0 Å². The van der Waals surface area contributed by atoms with E-state index in [4.69, 9.17) is 10.5 Å². The molecular weight excluding hydrogens is 152 g/mol. The highest BCUT2D eigenvalue weighted by Crippen LogP contribution is 2.04. The lowest BCUT2D eigenvalue weighted by Crippen LogP contribution is -2.45. The second kappa shape index (κ2) is 5.30. The number of nitrogens with zero attached hydrogens (tertiary/aromatic N) is 1. The van der Waals surface area contributed by atoms with E-state index in [0.29, 0.717) is 6.54 Å². The van der Waals surface area contributed by atoms with Crippen molar-refractivity contribution in [2.24, 2.45) is 5.73 Å². The SMILES string of the molecule is C=CCCN1CCOC(CN)C1. The van der Waals surface area contributed by atoms with Crippen molar-refractivity contribution in [1.29, 1.82) is 0 Å². The lowest BCUT2D eigenvalue weighted by Gasteiger charge is -2.31. The predicted octanol–water partition coefficient (Wildman–Crippen LogP) is 0.222. The van der Waals surface area contributed by atoms with Crippen LogP contribution in [-0.4, -0.2) is 43.8 Å². The van der Waals surface area contributed by atoms with Crippen molar-refractivity contribution in [3.8, 4) is 0 Å². The van der Waals surface area contributed by atoms with Crippen molar-refractivity contribution in [3.63, 3.8) is 0 Å². The number of rotatable bonds is 4. The molecule has 0 spiro atoms. The molecule has 1 aliphatic heterocycles. The van der Waals surface area contributed by atoms with Gasteiger partial charge in [0.05, 0.1) is 12.7 Å². The zero-order chi connectivity index (χ0) is 8.81. The number of morpholine rings is 1. The van der Waals surface area contributed by atoms with Gasteiger partial charge >= 0.3 is 0 Å². The maximum Gasteiger partial charge on any atom is 0.0824 e. The summed E-state index contributed by atoms with van der Waals surface area (Å²) in [6.45, 7) is 8.24. The highest BCUT2D eigenvalue weighted by Gasteiger charge is 2.17. The summed E-state index contributed by atoms with van der Waals surface area (Å²) in [5.74, 6) is 0. The van der Waals surface area contributed by atoms with Crippen LogP contribution in [0.15, 0.2) is 12.7 Å². The second-order valence-electron chi connectivity index (χ2n) is 3.11. The molecule has 0 amide bonds. The Morgan fingerprint density at radius 3 is 3.17 bits per heavy atom. The summed E-state index contributed by atoms with van der Waals surface area (Å²) in [7, 11) is 0. The first-order valence-corrected chi connectivity index (χ1v) is 4.51. The molecule has 0 aromatic heterocycles. The minimum Gasteiger partial charge on any atom is -0.374 e. The van der Waals surface area contributed by atoms with Crippen LogP contribution in [0.25, 0.3) is 0 Å². The maximum atomic E-state index is 5.52. The molecule has 1 saturated heterocycles. The minimum atomic E-state index is 0.239. The van der Waals surface area contributed by atoms with Gasteiger partial charge in [-0.15, -0.1) is 6.58 Å². The molecule has 1 heterocycles. The van der Waals surface area contributed by atoms with Crippen molar-refractivity contribution in [2.45, 2.75) is 12.5 Å². The molecule has 70 valence electrons. The summed E-state index contributed by atoms with van der Waals surface area (Å²) in [4.78, 5) is 2.38. The zero-order valence-electron chi connectivity index (χ0n) is 7.54. The molecule has 0 bridgehead atoms. The number of hydrogen-bond donors (Lipinski definition) is 1. The normalized spacial score (nSPS) is 25.6. The quantitative estimate of drug-likeness (QED) is 0.613. The molecule has 2 N–H and O–H groups in total. The van der Waals surface area contributed by atoms with Crippen molar-refractivity contribution in [3.05, 3.63) is 12.7 Å². The van der Waals surface area contributed by atoms with Gasteiger partial charge in [0, 0.05) is 26.2 Å². The van der Waals surface area contributed by atoms with E-state index in [0.717, 1.165) is 32.7 Å². The Morgan fingerprint density at radius 1 is 1.67 bits per heavy atom. The van der Waals surface area contributed by atoms with E-state index in [9.17, 15) is 0 Å². The average molecular weight is 170 g/mol. The van der Waals surface area contributed by atoms with Gasteiger partial charge in [0.1, 0.15) is 0 Å². The summed E-state index contributed by atoms with van der Waals surface area (Å²) >= 11 is 0. The Bertz CT molecular complexity index is 138. The lowest BCUT2D eigenvalue weighted by atomic mass is 10.2. The monoisotopic (exact) mass is 170 g/mol. The van der Waals surface area contributed by atoms with Gasteiger partial charge in [-0.1, -0.05) is 6.08 Å². The zero-order valence-corrected chi connectivity index (χ0v) is 7.54. The third kappa shape index (κ3) is 2.93. The van der Waals surface area contributed by atoms with Gasteiger partial charge in [-0.3, -0.25) is 4.90 Å². The summed E-state index contributed by atoms with van der Waals surface area (Å²) in [6.07, 6.45) is 3.24. The van der Waals surface area contributed by atoms with E-state index in [1.165, 1.54) is 0 Å². The lowest BCUT2D eigenvalue weighted by molar-refractivity contribution is -0.0224. The van der Waals surface area contributed by atoms with Gasteiger partial charge in [-0.25, -0.2) is 0 Å². The van der Waals surface area contributed by atoms with E-state index < -0.39 is 0 Å². The summed E-state index contributed by atoms with van der Waals surface area (Å²) < 4.78 is 5.44.